The van der Waals surface area contributed by atoms with Gasteiger partial charge in [-0.15, -0.1) is 0 Å². The molecule has 19 heavy (non-hydrogen) atoms. The van der Waals surface area contributed by atoms with Crippen molar-refractivity contribution in [2.24, 2.45) is 0 Å². The van der Waals surface area contributed by atoms with Crippen LogP contribution in [0.15, 0.2) is 42.6 Å². The zero-order chi connectivity index (χ0) is 13.7. The topological polar surface area (TPSA) is 42.4 Å². The summed E-state index contributed by atoms with van der Waals surface area (Å²) in [5.74, 6) is 0.724. The number of ether oxygens (including phenoxy) is 1. The summed E-state index contributed by atoms with van der Waals surface area (Å²) in [6.07, 6.45) is 1.95. The maximum Gasteiger partial charge on any atom is 0.130 e. The summed E-state index contributed by atoms with van der Waals surface area (Å²) in [6.45, 7) is 4.38. The van der Waals surface area contributed by atoms with Crippen LogP contribution in [0.1, 0.15) is 36.3 Å². The molecule has 100 valence electrons. The van der Waals surface area contributed by atoms with E-state index < -0.39 is 6.10 Å². The van der Waals surface area contributed by atoms with Crippen molar-refractivity contribution in [2.75, 3.05) is 0 Å². The highest BCUT2D eigenvalue weighted by Gasteiger charge is 2.11. The van der Waals surface area contributed by atoms with Crippen molar-refractivity contribution in [2.45, 2.75) is 33.0 Å². The molecule has 0 amide bonds. The maximum atomic E-state index is 9.97. The van der Waals surface area contributed by atoms with Crippen LogP contribution in [-0.4, -0.2) is 10.1 Å². The lowest BCUT2D eigenvalue weighted by molar-refractivity contribution is 0.166. The maximum absolute atomic E-state index is 9.97. The van der Waals surface area contributed by atoms with Crippen LogP contribution in [0.5, 0.6) is 5.75 Å². The van der Waals surface area contributed by atoms with Crippen LogP contribution in [-0.2, 0) is 6.61 Å². The zero-order valence-electron chi connectivity index (χ0n) is 11.3. The minimum Gasteiger partial charge on any atom is -0.487 e. The Morgan fingerprint density at radius 1 is 1.21 bits per heavy atom. The molecule has 0 aliphatic rings. The molecule has 0 radical (unpaired) electrons. The summed E-state index contributed by atoms with van der Waals surface area (Å²) in [7, 11) is 0. The van der Waals surface area contributed by atoms with Crippen LogP contribution in [0.3, 0.4) is 0 Å². The van der Waals surface area contributed by atoms with Gasteiger partial charge < -0.3 is 9.84 Å². The standard InChI is InChI=1S/C16H19NO2/c1-3-15(18)13-8-4-5-9-16(13)19-11-14-12(2)7-6-10-17-14/h4-10,15,18H,3,11H2,1-2H3. The first kappa shape index (κ1) is 13.6. The SMILES string of the molecule is CCC(O)c1ccccc1OCc1ncccc1C. The molecule has 1 aromatic heterocycles. The molecule has 0 fully saturated rings. The Kier molecular flexibility index (Phi) is 4.53. The van der Waals surface area contributed by atoms with Crippen LogP contribution in [0.4, 0.5) is 0 Å². The second-order valence-corrected chi connectivity index (χ2v) is 4.52. The Morgan fingerprint density at radius 3 is 2.74 bits per heavy atom. The Hall–Kier alpha value is -1.87. The Labute approximate surface area is 113 Å². The monoisotopic (exact) mass is 257 g/mol. The highest BCUT2D eigenvalue weighted by molar-refractivity contribution is 5.35. The molecule has 1 N–H and O–H groups in total. The average molecular weight is 257 g/mol. The molecule has 0 bridgehead atoms. The number of aromatic nitrogens is 1. The molecule has 0 spiro atoms. The summed E-state index contributed by atoms with van der Waals surface area (Å²) in [4.78, 5) is 4.30. The van der Waals surface area contributed by atoms with Crippen LogP contribution in [0, 0.1) is 6.92 Å². The molecule has 2 rings (SSSR count). The molecule has 0 saturated heterocycles. The van der Waals surface area contributed by atoms with Crippen LogP contribution in [0.2, 0.25) is 0 Å². The Bertz CT molecular complexity index is 540. The van der Waals surface area contributed by atoms with Gasteiger partial charge in [-0.2, -0.15) is 0 Å². The number of para-hydroxylation sites is 1. The van der Waals surface area contributed by atoms with Gasteiger partial charge in [-0.3, -0.25) is 4.98 Å². The van der Waals surface area contributed by atoms with E-state index in [9.17, 15) is 5.11 Å². The summed E-state index contributed by atoms with van der Waals surface area (Å²) in [5.41, 5.74) is 2.86. The summed E-state index contributed by atoms with van der Waals surface area (Å²) < 4.78 is 5.80. The average Bonchev–Trinajstić information content (AvgIpc) is 2.46. The molecular formula is C16H19NO2. The predicted octanol–water partition coefficient (Wildman–Crippen LogP) is 3.41. The quantitative estimate of drug-likeness (QED) is 0.892. The van der Waals surface area contributed by atoms with Crippen LogP contribution < -0.4 is 4.74 Å². The molecule has 1 unspecified atom stereocenters. The first-order chi connectivity index (χ1) is 9.22. The molecule has 0 aliphatic carbocycles. The van der Waals surface area contributed by atoms with Gasteiger partial charge in [0, 0.05) is 11.8 Å². The minimum absolute atomic E-state index is 0.417. The van der Waals surface area contributed by atoms with Gasteiger partial charge in [0.05, 0.1) is 11.8 Å². The third kappa shape index (κ3) is 3.32. The number of aryl methyl sites for hydroxylation is 1. The third-order valence-electron chi connectivity index (χ3n) is 3.15. The van der Waals surface area contributed by atoms with Crippen molar-refractivity contribution in [1.29, 1.82) is 0 Å². The van der Waals surface area contributed by atoms with E-state index in [0.29, 0.717) is 13.0 Å². The van der Waals surface area contributed by atoms with Gasteiger partial charge in [0.2, 0.25) is 0 Å². The molecule has 1 atom stereocenters. The zero-order valence-corrected chi connectivity index (χ0v) is 11.3. The summed E-state index contributed by atoms with van der Waals surface area (Å²) >= 11 is 0. The van der Waals surface area contributed by atoms with Crippen molar-refractivity contribution < 1.29 is 9.84 Å². The van der Waals surface area contributed by atoms with E-state index in [0.717, 1.165) is 22.6 Å². The number of pyridine rings is 1. The normalized spacial score (nSPS) is 12.2. The van der Waals surface area contributed by atoms with Gasteiger partial charge in [0.15, 0.2) is 0 Å². The Balaban J connectivity index is 2.14. The van der Waals surface area contributed by atoms with E-state index >= 15 is 0 Å². The van der Waals surface area contributed by atoms with Gasteiger partial charge in [-0.1, -0.05) is 31.2 Å². The van der Waals surface area contributed by atoms with Crippen molar-refractivity contribution in [1.82, 2.24) is 4.98 Å². The van der Waals surface area contributed by atoms with Gasteiger partial charge in [-0.25, -0.2) is 0 Å². The second-order valence-electron chi connectivity index (χ2n) is 4.52. The summed E-state index contributed by atoms with van der Waals surface area (Å²) in [6, 6.07) is 11.5. The van der Waals surface area contributed by atoms with E-state index in [4.69, 9.17) is 4.74 Å². The molecule has 3 nitrogen and oxygen atoms in total. The first-order valence-electron chi connectivity index (χ1n) is 6.52. The first-order valence-corrected chi connectivity index (χ1v) is 6.52. The van der Waals surface area contributed by atoms with Crippen molar-refractivity contribution in [3.8, 4) is 5.75 Å². The largest absolute Gasteiger partial charge is 0.487 e. The third-order valence-corrected chi connectivity index (χ3v) is 3.15. The summed E-state index contributed by atoms with van der Waals surface area (Å²) in [5, 5.41) is 9.97. The molecule has 0 saturated carbocycles. The van der Waals surface area contributed by atoms with E-state index in [1.807, 2.05) is 50.2 Å². The molecule has 0 aliphatic heterocycles. The van der Waals surface area contributed by atoms with Crippen molar-refractivity contribution >= 4 is 0 Å². The number of aliphatic hydroxyl groups is 1. The number of aliphatic hydroxyl groups excluding tert-OH is 1. The van der Waals surface area contributed by atoms with Crippen LogP contribution in [0.25, 0.3) is 0 Å². The molecule has 2 aromatic rings. The van der Waals surface area contributed by atoms with Gasteiger partial charge in [-0.05, 0) is 31.0 Å². The van der Waals surface area contributed by atoms with Gasteiger partial charge in [0.1, 0.15) is 12.4 Å². The van der Waals surface area contributed by atoms with Crippen LogP contribution >= 0.6 is 0 Å². The van der Waals surface area contributed by atoms with Gasteiger partial charge >= 0.3 is 0 Å². The Morgan fingerprint density at radius 2 is 2.00 bits per heavy atom. The number of nitrogens with zero attached hydrogens (tertiary/aromatic N) is 1. The fourth-order valence-electron chi connectivity index (χ4n) is 1.92. The fourth-order valence-corrected chi connectivity index (χ4v) is 1.92. The predicted molar refractivity (Wildman–Crippen MR) is 75.0 cm³/mol. The van der Waals surface area contributed by atoms with Crippen molar-refractivity contribution in [3.63, 3.8) is 0 Å². The number of benzene rings is 1. The van der Waals surface area contributed by atoms with E-state index in [1.165, 1.54) is 0 Å². The van der Waals surface area contributed by atoms with E-state index in [1.54, 1.807) is 6.20 Å². The van der Waals surface area contributed by atoms with E-state index in [-0.39, 0.29) is 0 Å². The lowest BCUT2D eigenvalue weighted by atomic mass is 10.1. The molecule has 1 heterocycles. The molecular weight excluding hydrogens is 238 g/mol. The second kappa shape index (κ2) is 6.34. The number of hydrogen-bond donors (Lipinski definition) is 1. The molecule has 3 heteroatoms. The van der Waals surface area contributed by atoms with E-state index in [2.05, 4.69) is 4.98 Å². The molecule has 1 aromatic carbocycles. The highest BCUT2D eigenvalue weighted by Crippen LogP contribution is 2.27. The smallest absolute Gasteiger partial charge is 0.130 e. The minimum atomic E-state index is -0.485. The lowest BCUT2D eigenvalue weighted by Gasteiger charge is -2.15. The highest BCUT2D eigenvalue weighted by atomic mass is 16.5. The number of hydrogen-bond acceptors (Lipinski definition) is 3. The number of rotatable bonds is 5. The fraction of sp³-hybridized carbons (Fsp3) is 0.312. The van der Waals surface area contributed by atoms with Gasteiger partial charge in [0.25, 0.3) is 0 Å². The lowest BCUT2D eigenvalue weighted by Crippen LogP contribution is -2.04. The van der Waals surface area contributed by atoms with Crippen molar-refractivity contribution in [3.05, 3.63) is 59.4 Å².